The summed E-state index contributed by atoms with van der Waals surface area (Å²) in [6.07, 6.45) is 0. The topological polar surface area (TPSA) is 21.3 Å². The zero-order valence-electron chi connectivity index (χ0n) is 11.5. The molecule has 0 saturated carbocycles. The summed E-state index contributed by atoms with van der Waals surface area (Å²) in [6.45, 7) is 2.68. The third kappa shape index (κ3) is 3.11. The lowest BCUT2D eigenvalue weighted by atomic mass is 9.97. The SMILES string of the molecule is CCNC(c1cccc(Cl)c1)c1c(F)cccc1OC. The molecular formula is C16H17ClFNO. The van der Waals surface area contributed by atoms with Crippen molar-refractivity contribution < 1.29 is 9.13 Å². The van der Waals surface area contributed by atoms with E-state index in [1.54, 1.807) is 25.3 Å². The van der Waals surface area contributed by atoms with Crippen molar-refractivity contribution in [3.63, 3.8) is 0 Å². The molecule has 0 aliphatic rings. The van der Waals surface area contributed by atoms with Crippen molar-refractivity contribution in [1.82, 2.24) is 5.32 Å². The number of ether oxygens (including phenoxy) is 1. The molecule has 2 nitrogen and oxygen atoms in total. The van der Waals surface area contributed by atoms with E-state index >= 15 is 0 Å². The molecule has 0 aromatic heterocycles. The second kappa shape index (κ2) is 6.73. The molecule has 1 atom stereocenters. The van der Waals surface area contributed by atoms with Gasteiger partial charge in [0.25, 0.3) is 0 Å². The van der Waals surface area contributed by atoms with Gasteiger partial charge in [0.15, 0.2) is 0 Å². The van der Waals surface area contributed by atoms with Gasteiger partial charge in [0.2, 0.25) is 0 Å². The Labute approximate surface area is 123 Å². The molecule has 1 unspecified atom stereocenters. The highest BCUT2D eigenvalue weighted by Crippen LogP contribution is 2.33. The lowest BCUT2D eigenvalue weighted by molar-refractivity contribution is 0.397. The Kier molecular flexibility index (Phi) is 4.99. The molecule has 0 heterocycles. The summed E-state index contributed by atoms with van der Waals surface area (Å²) >= 11 is 6.04. The van der Waals surface area contributed by atoms with Crippen molar-refractivity contribution in [3.8, 4) is 5.75 Å². The van der Waals surface area contributed by atoms with Gasteiger partial charge < -0.3 is 10.1 Å². The fourth-order valence-corrected chi connectivity index (χ4v) is 2.45. The number of hydrogen-bond donors (Lipinski definition) is 1. The van der Waals surface area contributed by atoms with Gasteiger partial charge in [-0.3, -0.25) is 0 Å². The van der Waals surface area contributed by atoms with Gasteiger partial charge in [-0.25, -0.2) is 4.39 Å². The minimum atomic E-state index is -0.296. The van der Waals surface area contributed by atoms with E-state index in [9.17, 15) is 4.39 Å². The molecule has 2 aromatic carbocycles. The maximum absolute atomic E-state index is 14.2. The average molecular weight is 294 g/mol. The number of halogens is 2. The molecule has 0 saturated heterocycles. The second-order valence-corrected chi connectivity index (χ2v) is 4.84. The maximum atomic E-state index is 14.2. The standard InChI is InChI=1S/C16H17ClFNO/c1-3-19-16(11-6-4-7-12(17)10-11)15-13(18)8-5-9-14(15)20-2/h4-10,16,19H,3H2,1-2H3. The van der Waals surface area contributed by atoms with Gasteiger partial charge in [-0.15, -0.1) is 0 Å². The van der Waals surface area contributed by atoms with Crippen LogP contribution in [0.4, 0.5) is 4.39 Å². The van der Waals surface area contributed by atoms with Crippen molar-refractivity contribution in [3.05, 3.63) is 64.4 Å². The monoisotopic (exact) mass is 293 g/mol. The first kappa shape index (κ1) is 14.8. The average Bonchev–Trinajstić information content (AvgIpc) is 2.45. The Morgan fingerprint density at radius 3 is 2.65 bits per heavy atom. The van der Waals surface area contributed by atoms with E-state index in [1.807, 2.05) is 25.1 Å². The van der Waals surface area contributed by atoms with Gasteiger partial charge in [0, 0.05) is 5.02 Å². The van der Waals surface area contributed by atoms with E-state index in [1.165, 1.54) is 6.07 Å². The van der Waals surface area contributed by atoms with Gasteiger partial charge in [-0.05, 0) is 36.4 Å². The molecule has 1 N–H and O–H groups in total. The van der Waals surface area contributed by atoms with E-state index in [4.69, 9.17) is 16.3 Å². The van der Waals surface area contributed by atoms with Crippen LogP contribution in [0.3, 0.4) is 0 Å². The van der Waals surface area contributed by atoms with Crippen molar-refractivity contribution in [1.29, 1.82) is 0 Å². The Hall–Kier alpha value is -1.58. The Morgan fingerprint density at radius 2 is 2.00 bits per heavy atom. The largest absolute Gasteiger partial charge is 0.496 e. The summed E-state index contributed by atoms with van der Waals surface area (Å²) in [7, 11) is 1.54. The van der Waals surface area contributed by atoms with E-state index in [-0.39, 0.29) is 11.9 Å². The Morgan fingerprint density at radius 1 is 1.25 bits per heavy atom. The van der Waals surface area contributed by atoms with Crippen molar-refractivity contribution >= 4 is 11.6 Å². The molecule has 0 aliphatic carbocycles. The summed E-state index contributed by atoms with van der Waals surface area (Å²) in [5.74, 6) is 0.228. The van der Waals surface area contributed by atoms with Crippen molar-refractivity contribution in [2.45, 2.75) is 13.0 Å². The van der Waals surface area contributed by atoms with Gasteiger partial charge in [0.05, 0.1) is 18.7 Å². The number of hydrogen-bond acceptors (Lipinski definition) is 2. The zero-order valence-corrected chi connectivity index (χ0v) is 12.2. The molecule has 0 spiro atoms. The minimum absolute atomic E-state index is 0.296. The highest BCUT2D eigenvalue weighted by molar-refractivity contribution is 6.30. The van der Waals surface area contributed by atoms with Crippen molar-refractivity contribution in [2.24, 2.45) is 0 Å². The van der Waals surface area contributed by atoms with E-state index < -0.39 is 0 Å². The van der Waals surface area contributed by atoms with Crippen LogP contribution in [-0.4, -0.2) is 13.7 Å². The molecule has 2 rings (SSSR count). The van der Waals surface area contributed by atoms with Crippen LogP contribution in [0.1, 0.15) is 24.1 Å². The predicted octanol–water partition coefficient (Wildman–Crippen LogP) is 4.19. The summed E-state index contributed by atoms with van der Waals surface area (Å²) in [5.41, 5.74) is 1.40. The lowest BCUT2D eigenvalue weighted by Crippen LogP contribution is -2.23. The van der Waals surface area contributed by atoms with Gasteiger partial charge in [0.1, 0.15) is 11.6 Å². The molecule has 0 amide bonds. The highest BCUT2D eigenvalue weighted by Gasteiger charge is 2.21. The number of methoxy groups -OCH3 is 1. The molecule has 0 bridgehead atoms. The fraction of sp³-hybridized carbons (Fsp3) is 0.250. The summed E-state index contributed by atoms with van der Waals surface area (Å²) in [5, 5.41) is 3.90. The molecule has 106 valence electrons. The van der Waals surface area contributed by atoms with E-state index in [0.29, 0.717) is 22.9 Å². The van der Waals surface area contributed by atoms with Crippen LogP contribution < -0.4 is 10.1 Å². The molecule has 2 aromatic rings. The minimum Gasteiger partial charge on any atom is -0.496 e. The normalized spacial score (nSPS) is 12.2. The Balaban J connectivity index is 2.54. The van der Waals surface area contributed by atoms with E-state index in [2.05, 4.69) is 5.32 Å². The van der Waals surface area contributed by atoms with Gasteiger partial charge >= 0.3 is 0 Å². The van der Waals surface area contributed by atoms with Crippen LogP contribution >= 0.6 is 11.6 Å². The van der Waals surface area contributed by atoms with E-state index in [0.717, 1.165) is 5.56 Å². The summed E-state index contributed by atoms with van der Waals surface area (Å²) < 4.78 is 19.5. The summed E-state index contributed by atoms with van der Waals surface area (Å²) in [4.78, 5) is 0. The van der Waals surface area contributed by atoms with Crippen LogP contribution in [0.15, 0.2) is 42.5 Å². The zero-order chi connectivity index (χ0) is 14.5. The maximum Gasteiger partial charge on any atom is 0.132 e. The third-order valence-electron chi connectivity index (χ3n) is 3.11. The second-order valence-electron chi connectivity index (χ2n) is 4.40. The van der Waals surface area contributed by atoms with Crippen LogP contribution in [0.25, 0.3) is 0 Å². The molecule has 0 fully saturated rings. The number of rotatable bonds is 5. The van der Waals surface area contributed by atoms with Crippen LogP contribution in [0, 0.1) is 5.82 Å². The molecule has 4 heteroatoms. The first-order chi connectivity index (χ1) is 9.67. The first-order valence-electron chi connectivity index (χ1n) is 6.48. The summed E-state index contributed by atoms with van der Waals surface area (Å²) in [6, 6.07) is 11.9. The highest BCUT2D eigenvalue weighted by atomic mass is 35.5. The van der Waals surface area contributed by atoms with Gasteiger partial charge in [-0.1, -0.05) is 36.7 Å². The molecular weight excluding hydrogens is 277 g/mol. The van der Waals surface area contributed by atoms with Crippen LogP contribution in [0.5, 0.6) is 5.75 Å². The molecule has 20 heavy (non-hydrogen) atoms. The fourth-order valence-electron chi connectivity index (χ4n) is 2.25. The van der Waals surface area contributed by atoms with Crippen LogP contribution in [-0.2, 0) is 0 Å². The predicted molar refractivity (Wildman–Crippen MR) is 79.9 cm³/mol. The first-order valence-corrected chi connectivity index (χ1v) is 6.86. The number of nitrogens with one attached hydrogen (secondary N) is 1. The molecule has 0 aliphatic heterocycles. The van der Waals surface area contributed by atoms with Crippen LogP contribution in [0.2, 0.25) is 5.02 Å². The Bertz CT molecular complexity index is 588. The number of benzene rings is 2. The van der Waals surface area contributed by atoms with Gasteiger partial charge in [-0.2, -0.15) is 0 Å². The third-order valence-corrected chi connectivity index (χ3v) is 3.35. The lowest BCUT2D eigenvalue weighted by Gasteiger charge is -2.22. The smallest absolute Gasteiger partial charge is 0.132 e. The molecule has 0 radical (unpaired) electrons. The van der Waals surface area contributed by atoms with Crippen molar-refractivity contribution in [2.75, 3.05) is 13.7 Å². The quantitative estimate of drug-likeness (QED) is 0.892.